The second-order valence-corrected chi connectivity index (χ2v) is 5.63. The van der Waals surface area contributed by atoms with E-state index in [1.54, 1.807) is 0 Å². The van der Waals surface area contributed by atoms with Gasteiger partial charge in [0.2, 0.25) is 0 Å². The van der Waals surface area contributed by atoms with Gasteiger partial charge in [0.1, 0.15) is 5.75 Å². The summed E-state index contributed by atoms with van der Waals surface area (Å²) in [6, 6.07) is 14.8. The Kier molecular flexibility index (Phi) is 5.26. The first-order valence-electron chi connectivity index (χ1n) is 7.68. The molecule has 2 nitrogen and oxygen atoms in total. The summed E-state index contributed by atoms with van der Waals surface area (Å²) in [6.45, 7) is 9.25. The smallest absolute Gasteiger partial charge is 0.120 e. The number of hydrogen-bond acceptors (Lipinski definition) is 2. The summed E-state index contributed by atoms with van der Waals surface area (Å²) in [4.78, 5) is 0. The van der Waals surface area contributed by atoms with E-state index in [1.165, 1.54) is 22.4 Å². The van der Waals surface area contributed by atoms with Crippen LogP contribution in [0.25, 0.3) is 0 Å². The Morgan fingerprint density at radius 3 is 2.57 bits per heavy atom. The van der Waals surface area contributed by atoms with Gasteiger partial charge in [-0.15, -0.1) is 0 Å². The average molecular weight is 283 g/mol. The van der Waals surface area contributed by atoms with E-state index >= 15 is 0 Å². The maximum Gasteiger partial charge on any atom is 0.120 e. The van der Waals surface area contributed by atoms with Crippen LogP contribution in [0.1, 0.15) is 37.5 Å². The lowest BCUT2D eigenvalue weighted by atomic mass is 10.1. The van der Waals surface area contributed by atoms with E-state index < -0.39 is 0 Å². The van der Waals surface area contributed by atoms with Gasteiger partial charge >= 0.3 is 0 Å². The molecule has 0 saturated carbocycles. The molecule has 2 heteroatoms. The number of ether oxygens (including phenoxy) is 1. The van der Waals surface area contributed by atoms with Gasteiger partial charge < -0.3 is 10.1 Å². The zero-order chi connectivity index (χ0) is 15.2. The minimum absolute atomic E-state index is 0.205. The zero-order valence-electron chi connectivity index (χ0n) is 13.4. The summed E-state index contributed by atoms with van der Waals surface area (Å²) in [7, 11) is 0. The minimum Gasteiger partial charge on any atom is -0.491 e. The molecule has 0 fully saturated rings. The third-order valence-corrected chi connectivity index (χ3v) is 3.48. The topological polar surface area (TPSA) is 21.3 Å². The molecule has 0 aliphatic rings. The highest BCUT2D eigenvalue weighted by Gasteiger charge is 2.04. The third kappa shape index (κ3) is 4.25. The van der Waals surface area contributed by atoms with Crippen molar-refractivity contribution < 1.29 is 4.74 Å². The summed E-state index contributed by atoms with van der Waals surface area (Å²) in [6.07, 6.45) is 1.25. The lowest BCUT2D eigenvalue weighted by Crippen LogP contribution is -2.07. The van der Waals surface area contributed by atoms with Crippen molar-refractivity contribution in [3.63, 3.8) is 0 Å². The second-order valence-electron chi connectivity index (χ2n) is 5.63. The van der Waals surface area contributed by atoms with E-state index in [0.29, 0.717) is 0 Å². The number of anilines is 1. The second kappa shape index (κ2) is 7.16. The van der Waals surface area contributed by atoms with Gasteiger partial charge in [-0.25, -0.2) is 0 Å². The molecule has 2 rings (SSSR count). The largest absolute Gasteiger partial charge is 0.491 e. The van der Waals surface area contributed by atoms with Gasteiger partial charge in [-0.05, 0) is 56.0 Å². The van der Waals surface area contributed by atoms with Crippen LogP contribution in [0.3, 0.4) is 0 Å². The molecule has 0 heterocycles. The highest BCUT2D eigenvalue weighted by Crippen LogP contribution is 2.22. The normalized spacial score (nSPS) is 10.7. The number of para-hydroxylation sites is 1. The average Bonchev–Trinajstić information content (AvgIpc) is 2.45. The van der Waals surface area contributed by atoms with Crippen molar-refractivity contribution in [1.82, 2.24) is 0 Å². The molecule has 0 aliphatic carbocycles. The molecule has 2 aromatic carbocycles. The molecule has 0 bridgehead atoms. The summed E-state index contributed by atoms with van der Waals surface area (Å²) >= 11 is 0. The van der Waals surface area contributed by atoms with Crippen molar-refractivity contribution in [3.8, 4) is 5.75 Å². The highest BCUT2D eigenvalue weighted by atomic mass is 16.5. The van der Waals surface area contributed by atoms with E-state index in [4.69, 9.17) is 4.74 Å². The van der Waals surface area contributed by atoms with E-state index in [9.17, 15) is 0 Å². The maximum atomic E-state index is 5.75. The molecule has 0 aromatic heterocycles. The molecule has 0 atom stereocenters. The summed E-state index contributed by atoms with van der Waals surface area (Å²) in [5.41, 5.74) is 5.15. The van der Waals surface area contributed by atoms with Crippen LogP contribution in [0.5, 0.6) is 5.75 Å². The number of rotatable bonds is 6. The van der Waals surface area contributed by atoms with Crippen molar-refractivity contribution in [2.45, 2.75) is 46.8 Å². The molecule has 0 spiro atoms. The maximum absolute atomic E-state index is 5.75. The van der Waals surface area contributed by atoms with E-state index in [-0.39, 0.29) is 6.10 Å². The van der Waals surface area contributed by atoms with Crippen LogP contribution in [0.15, 0.2) is 42.5 Å². The first-order valence-corrected chi connectivity index (χ1v) is 7.68. The van der Waals surface area contributed by atoms with Crippen molar-refractivity contribution in [2.75, 3.05) is 5.32 Å². The highest BCUT2D eigenvalue weighted by molar-refractivity contribution is 5.57. The number of aryl methyl sites for hydroxylation is 2. The molecular weight excluding hydrogens is 258 g/mol. The molecule has 2 aromatic rings. The van der Waals surface area contributed by atoms with Gasteiger partial charge in [0, 0.05) is 12.2 Å². The van der Waals surface area contributed by atoms with Crippen LogP contribution in [0, 0.1) is 6.92 Å². The van der Waals surface area contributed by atoms with Crippen LogP contribution < -0.4 is 10.1 Å². The van der Waals surface area contributed by atoms with Gasteiger partial charge in [-0.3, -0.25) is 0 Å². The summed E-state index contributed by atoms with van der Waals surface area (Å²) < 4.78 is 5.75. The standard InChI is InChI=1S/C19H25NO/c1-5-17-10-6-8-15(4)19(17)20-13-16-9-7-11-18(12-16)21-14(2)3/h6-12,14,20H,5,13H2,1-4H3. The van der Waals surface area contributed by atoms with E-state index in [1.807, 2.05) is 26.0 Å². The Bertz CT molecular complexity index is 590. The Balaban J connectivity index is 2.10. The molecular formula is C19H25NO. The molecule has 112 valence electrons. The van der Waals surface area contributed by atoms with Crippen LogP contribution >= 0.6 is 0 Å². The Hall–Kier alpha value is -1.96. The molecule has 0 amide bonds. The number of nitrogens with one attached hydrogen (secondary N) is 1. The van der Waals surface area contributed by atoms with Crippen LogP contribution in [-0.4, -0.2) is 6.10 Å². The Labute approximate surface area is 128 Å². The number of hydrogen-bond donors (Lipinski definition) is 1. The minimum atomic E-state index is 0.205. The molecule has 0 unspecified atom stereocenters. The van der Waals surface area contributed by atoms with Gasteiger partial charge in [0.25, 0.3) is 0 Å². The van der Waals surface area contributed by atoms with Crippen molar-refractivity contribution in [2.24, 2.45) is 0 Å². The van der Waals surface area contributed by atoms with Gasteiger partial charge in [0.15, 0.2) is 0 Å². The third-order valence-electron chi connectivity index (χ3n) is 3.48. The fraction of sp³-hybridized carbons (Fsp3) is 0.368. The van der Waals surface area contributed by atoms with E-state index in [0.717, 1.165) is 18.7 Å². The Morgan fingerprint density at radius 1 is 1.10 bits per heavy atom. The van der Waals surface area contributed by atoms with Crippen molar-refractivity contribution in [1.29, 1.82) is 0 Å². The predicted octanol–water partition coefficient (Wildman–Crippen LogP) is 4.96. The molecule has 0 radical (unpaired) electrons. The molecule has 1 N–H and O–H groups in total. The van der Waals surface area contributed by atoms with E-state index in [2.05, 4.69) is 49.5 Å². The van der Waals surface area contributed by atoms with Crippen LogP contribution in [0.4, 0.5) is 5.69 Å². The molecule has 0 aliphatic heterocycles. The van der Waals surface area contributed by atoms with Gasteiger partial charge in [-0.2, -0.15) is 0 Å². The molecule has 21 heavy (non-hydrogen) atoms. The monoisotopic (exact) mass is 283 g/mol. The summed E-state index contributed by atoms with van der Waals surface area (Å²) in [5.74, 6) is 0.935. The number of benzene rings is 2. The fourth-order valence-electron chi connectivity index (χ4n) is 2.47. The first-order chi connectivity index (χ1) is 10.1. The van der Waals surface area contributed by atoms with Crippen LogP contribution in [0.2, 0.25) is 0 Å². The SMILES string of the molecule is CCc1cccc(C)c1NCc1cccc(OC(C)C)c1. The first kappa shape index (κ1) is 15.4. The Morgan fingerprint density at radius 2 is 1.86 bits per heavy atom. The molecule has 0 saturated heterocycles. The lowest BCUT2D eigenvalue weighted by Gasteiger charge is -2.15. The predicted molar refractivity (Wildman–Crippen MR) is 90.1 cm³/mol. The van der Waals surface area contributed by atoms with Gasteiger partial charge in [0.05, 0.1) is 6.10 Å². The summed E-state index contributed by atoms with van der Waals surface area (Å²) in [5, 5.41) is 3.57. The zero-order valence-corrected chi connectivity index (χ0v) is 13.4. The lowest BCUT2D eigenvalue weighted by molar-refractivity contribution is 0.242. The fourth-order valence-corrected chi connectivity index (χ4v) is 2.47. The van der Waals surface area contributed by atoms with Crippen LogP contribution in [-0.2, 0) is 13.0 Å². The quantitative estimate of drug-likeness (QED) is 0.809. The van der Waals surface area contributed by atoms with Crippen molar-refractivity contribution >= 4 is 5.69 Å². The van der Waals surface area contributed by atoms with Gasteiger partial charge in [-0.1, -0.05) is 37.3 Å². The van der Waals surface area contributed by atoms with Crippen molar-refractivity contribution in [3.05, 3.63) is 59.2 Å².